The predicted molar refractivity (Wildman–Crippen MR) is 91.6 cm³/mol. The van der Waals surface area contributed by atoms with Crippen LogP contribution in [-0.2, 0) is 9.53 Å². The van der Waals surface area contributed by atoms with Gasteiger partial charge in [0.05, 0.1) is 6.61 Å². The lowest BCUT2D eigenvalue weighted by molar-refractivity contribution is -0.119. The molecule has 0 aliphatic rings. The van der Waals surface area contributed by atoms with E-state index in [-0.39, 0.29) is 12.5 Å². The summed E-state index contributed by atoms with van der Waals surface area (Å²) in [5.41, 5.74) is 1.31. The molecule has 7 heteroatoms. The summed E-state index contributed by atoms with van der Waals surface area (Å²) in [6.45, 7) is 6.80. The third-order valence-corrected chi connectivity index (χ3v) is 3.74. The maximum absolute atomic E-state index is 11.6. The molecule has 1 aromatic rings. The summed E-state index contributed by atoms with van der Waals surface area (Å²) >= 11 is 1.70. The van der Waals surface area contributed by atoms with E-state index >= 15 is 0 Å². The fourth-order valence-electron chi connectivity index (χ4n) is 1.76. The zero-order valence-electron chi connectivity index (χ0n) is 13.5. The molecule has 1 aromatic heterocycles. The molecule has 1 rings (SSSR count). The van der Waals surface area contributed by atoms with Gasteiger partial charge in [-0.05, 0) is 35.2 Å². The molecular weight excluding hydrogens is 300 g/mol. The average Bonchev–Trinajstić information content (AvgIpc) is 3.04. The summed E-state index contributed by atoms with van der Waals surface area (Å²) in [7, 11) is 1.60. The number of thiophene rings is 1. The zero-order chi connectivity index (χ0) is 16.2. The minimum absolute atomic E-state index is 0.103. The van der Waals surface area contributed by atoms with Gasteiger partial charge in [0.1, 0.15) is 6.54 Å². The predicted octanol–water partition coefficient (Wildman–Crippen LogP) is 1.17. The number of hydrogen-bond acceptors (Lipinski definition) is 4. The molecule has 0 aliphatic heterocycles. The molecule has 3 N–H and O–H groups in total. The van der Waals surface area contributed by atoms with E-state index in [2.05, 4.69) is 44.7 Å². The van der Waals surface area contributed by atoms with Gasteiger partial charge in [-0.15, -0.1) is 0 Å². The first kappa shape index (κ1) is 18.4. The Bertz CT molecular complexity index is 448. The fraction of sp³-hybridized carbons (Fsp3) is 0.600. The number of ether oxygens (including phenoxy) is 1. The summed E-state index contributed by atoms with van der Waals surface area (Å²) in [5.74, 6) is 0.942. The van der Waals surface area contributed by atoms with Gasteiger partial charge in [0.25, 0.3) is 0 Å². The Morgan fingerprint density at radius 1 is 1.41 bits per heavy atom. The van der Waals surface area contributed by atoms with Crippen molar-refractivity contribution in [2.75, 3.05) is 39.9 Å². The van der Waals surface area contributed by atoms with Gasteiger partial charge < -0.3 is 20.7 Å². The van der Waals surface area contributed by atoms with Crippen molar-refractivity contribution < 1.29 is 9.53 Å². The summed E-state index contributed by atoms with van der Waals surface area (Å²) in [6, 6.07) is 2.13. The normalized spacial score (nSPS) is 12.8. The van der Waals surface area contributed by atoms with Crippen LogP contribution in [0.2, 0.25) is 0 Å². The molecule has 0 fully saturated rings. The van der Waals surface area contributed by atoms with E-state index in [9.17, 15) is 4.79 Å². The molecule has 1 amide bonds. The molecule has 0 aliphatic carbocycles. The lowest BCUT2D eigenvalue weighted by Crippen LogP contribution is -2.40. The van der Waals surface area contributed by atoms with Crippen LogP contribution in [0.3, 0.4) is 0 Å². The lowest BCUT2D eigenvalue weighted by Gasteiger charge is -2.15. The van der Waals surface area contributed by atoms with Crippen LogP contribution in [-0.4, -0.2) is 51.8 Å². The van der Waals surface area contributed by atoms with Crippen molar-refractivity contribution in [2.45, 2.75) is 19.8 Å². The SMILES string of the molecule is CCNC(=NCC(=O)NCCOC)NCC(C)c1ccsc1. The highest BCUT2D eigenvalue weighted by molar-refractivity contribution is 7.07. The standard InChI is InChI=1S/C15H26N4O2S/c1-4-16-15(19-10-14(20)17-6-7-21-3)18-9-12(2)13-5-8-22-11-13/h5,8,11-12H,4,6-7,9-10H2,1-3H3,(H,17,20)(H2,16,18,19). The summed E-state index contributed by atoms with van der Waals surface area (Å²) < 4.78 is 4.88. The van der Waals surface area contributed by atoms with Crippen molar-refractivity contribution in [3.63, 3.8) is 0 Å². The number of nitrogens with zero attached hydrogens (tertiary/aromatic N) is 1. The maximum atomic E-state index is 11.6. The summed E-state index contributed by atoms with van der Waals surface area (Å²) in [4.78, 5) is 15.9. The van der Waals surface area contributed by atoms with Gasteiger partial charge in [-0.2, -0.15) is 11.3 Å². The number of amides is 1. The first-order valence-electron chi connectivity index (χ1n) is 7.47. The minimum atomic E-state index is -0.111. The van der Waals surface area contributed by atoms with E-state index in [4.69, 9.17) is 4.74 Å². The number of aliphatic imine (C=N–C) groups is 1. The first-order chi connectivity index (χ1) is 10.7. The van der Waals surface area contributed by atoms with Crippen LogP contribution in [0.1, 0.15) is 25.3 Å². The Balaban J connectivity index is 2.39. The van der Waals surface area contributed by atoms with Gasteiger partial charge in [-0.25, -0.2) is 4.99 Å². The number of carbonyl (C=O) groups excluding carboxylic acids is 1. The number of guanidine groups is 1. The van der Waals surface area contributed by atoms with Crippen LogP contribution >= 0.6 is 11.3 Å². The van der Waals surface area contributed by atoms with Crippen LogP contribution in [0.15, 0.2) is 21.8 Å². The second-order valence-corrected chi connectivity index (χ2v) is 5.66. The molecule has 1 unspecified atom stereocenters. The van der Waals surface area contributed by atoms with Crippen LogP contribution in [0.25, 0.3) is 0 Å². The number of hydrogen-bond donors (Lipinski definition) is 3. The lowest BCUT2D eigenvalue weighted by atomic mass is 10.1. The van der Waals surface area contributed by atoms with Crippen LogP contribution in [0.5, 0.6) is 0 Å². The van der Waals surface area contributed by atoms with Crippen molar-refractivity contribution in [1.29, 1.82) is 0 Å². The van der Waals surface area contributed by atoms with Gasteiger partial charge in [0, 0.05) is 26.7 Å². The van der Waals surface area contributed by atoms with Gasteiger partial charge in [-0.3, -0.25) is 4.79 Å². The summed E-state index contributed by atoms with van der Waals surface area (Å²) in [5, 5.41) is 13.4. The average molecular weight is 326 g/mol. The topological polar surface area (TPSA) is 74.8 Å². The molecule has 22 heavy (non-hydrogen) atoms. The van der Waals surface area contributed by atoms with E-state index in [0.29, 0.717) is 25.0 Å². The monoisotopic (exact) mass is 326 g/mol. The summed E-state index contributed by atoms with van der Waals surface area (Å²) in [6.07, 6.45) is 0. The number of nitrogens with one attached hydrogen (secondary N) is 3. The smallest absolute Gasteiger partial charge is 0.241 e. The molecule has 6 nitrogen and oxygen atoms in total. The molecule has 0 spiro atoms. The third-order valence-electron chi connectivity index (χ3n) is 3.04. The second-order valence-electron chi connectivity index (χ2n) is 4.88. The highest BCUT2D eigenvalue weighted by Gasteiger charge is 2.07. The Morgan fingerprint density at radius 3 is 2.86 bits per heavy atom. The van der Waals surface area contributed by atoms with E-state index in [0.717, 1.165) is 13.1 Å². The molecule has 1 heterocycles. The highest BCUT2D eigenvalue weighted by atomic mass is 32.1. The zero-order valence-corrected chi connectivity index (χ0v) is 14.3. The molecule has 0 radical (unpaired) electrons. The highest BCUT2D eigenvalue weighted by Crippen LogP contribution is 2.16. The minimum Gasteiger partial charge on any atom is -0.383 e. The van der Waals surface area contributed by atoms with Gasteiger partial charge in [-0.1, -0.05) is 6.92 Å². The Morgan fingerprint density at radius 2 is 2.23 bits per heavy atom. The van der Waals surface area contributed by atoms with Gasteiger partial charge in [0.2, 0.25) is 5.91 Å². The largest absolute Gasteiger partial charge is 0.383 e. The van der Waals surface area contributed by atoms with Crippen molar-refractivity contribution >= 4 is 23.2 Å². The molecular formula is C15H26N4O2S. The van der Waals surface area contributed by atoms with Crippen LogP contribution in [0, 0.1) is 0 Å². The van der Waals surface area contributed by atoms with E-state index < -0.39 is 0 Å². The van der Waals surface area contributed by atoms with Gasteiger partial charge >= 0.3 is 0 Å². The van der Waals surface area contributed by atoms with Crippen molar-refractivity contribution in [2.24, 2.45) is 4.99 Å². The van der Waals surface area contributed by atoms with Crippen molar-refractivity contribution in [3.8, 4) is 0 Å². The van der Waals surface area contributed by atoms with Crippen LogP contribution in [0.4, 0.5) is 0 Å². The van der Waals surface area contributed by atoms with E-state index in [1.807, 2.05) is 6.92 Å². The number of rotatable bonds is 9. The maximum Gasteiger partial charge on any atom is 0.241 e. The Labute approximate surface area is 136 Å². The van der Waals surface area contributed by atoms with Crippen molar-refractivity contribution in [3.05, 3.63) is 22.4 Å². The second kappa shape index (κ2) is 11.0. The Kier molecular flexibility index (Phi) is 9.25. The molecule has 1 atom stereocenters. The molecule has 0 aromatic carbocycles. The van der Waals surface area contributed by atoms with Crippen LogP contribution < -0.4 is 16.0 Å². The number of carbonyl (C=O) groups is 1. The molecule has 0 saturated heterocycles. The molecule has 0 bridgehead atoms. The quantitative estimate of drug-likeness (QED) is 0.362. The number of methoxy groups -OCH3 is 1. The molecule has 124 valence electrons. The van der Waals surface area contributed by atoms with E-state index in [1.54, 1.807) is 18.4 Å². The first-order valence-corrected chi connectivity index (χ1v) is 8.41. The molecule has 0 saturated carbocycles. The van der Waals surface area contributed by atoms with Gasteiger partial charge in [0.15, 0.2) is 5.96 Å². The fourth-order valence-corrected chi connectivity index (χ4v) is 2.55. The van der Waals surface area contributed by atoms with E-state index in [1.165, 1.54) is 5.56 Å². The third kappa shape index (κ3) is 7.42. The van der Waals surface area contributed by atoms with Crippen molar-refractivity contribution in [1.82, 2.24) is 16.0 Å². The Hall–Kier alpha value is -1.60.